The van der Waals surface area contributed by atoms with Crippen LogP contribution in [0.25, 0.3) is 11.3 Å². The highest BCUT2D eigenvalue weighted by molar-refractivity contribution is 7.12. The van der Waals surface area contributed by atoms with E-state index in [2.05, 4.69) is 57.3 Å². The molecule has 0 aliphatic rings. The van der Waals surface area contributed by atoms with Crippen molar-refractivity contribution in [2.75, 3.05) is 0 Å². The van der Waals surface area contributed by atoms with E-state index in [9.17, 15) is 0 Å². The number of hydrogen-bond acceptors (Lipinski definition) is 3. The molecular weight excluding hydrogens is 252 g/mol. The third-order valence-electron chi connectivity index (χ3n) is 3.14. The van der Waals surface area contributed by atoms with Gasteiger partial charge in [0.1, 0.15) is 5.01 Å². The normalized spacial score (nSPS) is 11.2. The second-order valence-electron chi connectivity index (χ2n) is 5.10. The van der Waals surface area contributed by atoms with Crippen LogP contribution in [-0.4, -0.2) is 11.0 Å². The predicted octanol–water partition coefficient (Wildman–Crippen LogP) is 4.18. The lowest BCUT2D eigenvalue weighted by atomic mass is 10.1. The van der Waals surface area contributed by atoms with Gasteiger partial charge in [0.25, 0.3) is 0 Å². The highest BCUT2D eigenvalue weighted by Crippen LogP contribution is 2.27. The third kappa shape index (κ3) is 3.64. The fourth-order valence-corrected chi connectivity index (χ4v) is 2.89. The van der Waals surface area contributed by atoms with Gasteiger partial charge < -0.3 is 5.32 Å². The molecule has 2 rings (SSSR count). The van der Waals surface area contributed by atoms with Crippen molar-refractivity contribution in [1.82, 2.24) is 10.3 Å². The smallest absolute Gasteiger partial charge is 0.107 e. The van der Waals surface area contributed by atoms with Gasteiger partial charge in [0.15, 0.2) is 0 Å². The molecule has 2 nitrogen and oxygen atoms in total. The van der Waals surface area contributed by atoms with E-state index in [4.69, 9.17) is 4.98 Å². The van der Waals surface area contributed by atoms with Crippen LogP contribution in [0.3, 0.4) is 0 Å². The van der Waals surface area contributed by atoms with Gasteiger partial charge in [-0.15, -0.1) is 11.3 Å². The molecule has 0 fully saturated rings. The van der Waals surface area contributed by atoms with Gasteiger partial charge in [0, 0.05) is 23.0 Å². The van der Waals surface area contributed by atoms with E-state index in [1.165, 1.54) is 21.0 Å². The molecule has 1 N–H and O–H groups in total. The maximum atomic E-state index is 4.76. The second kappa shape index (κ2) is 6.31. The lowest BCUT2D eigenvalue weighted by Gasteiger charge is -2.04. The number of aryl methyl sites for hydroxylation is 2. The Morgan fingerprint density at radius 1 is 1.21 bits per heavy atom. The van der Waals surface area contributed by atoms with Crippen molar-refractivity contribution in [2.24, 2.45) is 0 Å². The SMILES string of the molecule is CCc1ccc(-c2nc(CNC(C)C)sc2C)cc1. The number of rotatable bonds is 5. The summed E-state index contributed by atoms with van der Waals surface area (Å²) in [4.78, 5) is 6.06. The molecule has 0 bridgehead atoms. The van der Waals surface area contributed by atoms with E-state index >= 15 is 0 Å². The Morgan fingerprint density at radius 3 is 2.47 bits per heavy atom. The van der Waals surface area contributed by atoms with E-state index in [1.54, 1.807) is 11.3 Å². The van der Waals surface area contributed by atoms with Crippen LogP contribution in [0, 0.1) is 6.92 Å². The van der Waals surface area contributed by atoms with Gasteiger partial charge in [0.05, 0.1) is 5.69 Å². The topological polar surface area (TPSA) is 24.9 Å². The lowest BCUT2D eigenvalue weighted by molar-refractivity contribution is 0.587. The fourth-order valence-electron chi connectivity index (χ4n) is 1.98. The molecule has 3 heteroatoms. The molecule has 102 valence electrons. The first kappa shape index (κ1) is 14.2. The standard InChI is InChI=1S/C16H22N2S/c1-5-13-6-8-14(9-7-13)16-12(4)19-15(18-16)10-17-11(2)3/h6-9,11,17H,5,10H2,1-4H3. The molecule has 0 amide bonds. The van der Waals surface area contributed by atoms with Crippen LogP contribution in [0.5, 0.6) is 0 Å². The Kier molecular flexibility index (Phi) is 4.72. The largest absolute Gasteiger partial charge is 0.308 e. The molecule has 1 aromatic carbocycles. The summed E-state index contributed by atoms with van der Waals surface area (Å²) in [7, 11) is 0. The van der Waals surface area contributed by atoms with E-state index in [0.717, 1.165) is 18.7 Å². The van der Waals surface area contributed by atoms with Gasteiger partial charge in [-0.2, -0.15) is 0 Å². The van der Waals surface area contributed by atoms with Crippen molar-refractivity contribution in [3.63, 3.8) is 0 Å². The summed E-state index contributed by atoms with van der Waals surface area (Å²) >= 11 is 1.79. The first-order valence-electron chi connectivity index (χ1n) is 6.89. The Labute approximate surface area is 119 Å². The number of benzene rings is 1. The highest BCUT2D eigenvalue weighted by atomic mass is 32.1. The number of nitrogens with one attached hydrogen (secondary N) is 1. The summed E-state index contributed by atoms with van der Waals surface area (Å²) in [6, 6.07) is 9.25. The zero-order valence-corrected chi connectivity index (χ0v) is 13.0. The molecule has 1 heterocycles. The van der Waals surface area contributed by atoms with Gasteiger partial charge in [-0.1, -0.05) is 45.0 Å². The van der Waals surface area contributed by atoms with Crippen molar-refractivity contribution in [1.29, 1.82) is 0 Å². The molecule has 0 saturated heterocycles. The van der Waals surface area contributed by atoms with Crippen LogP contribution in [0.1, 0.15) is 36.2 Å². The monoisotopic (exact) mass is 274 g/mol. The minimum absolute atomic E-state index is 0.497. The van der Waals surface area contributed by atoms with Crippen molar-refractivity contribution < 1.29 is 0 Å². The zero-order valence-electron chi connectivity index (χ0n) is 12.2. The molecule has 0 radical (unpaired) electrons. The Morgan fingerprint density at radius 2 is 1.89 bits per heavy atom. The van der Waals surface area contributed by atoms with Crippen LogP contribution in [0.4, 0.5) is 0 Å². The van der Waals surface area contributed by atoms with Crippen LogP contribution in [-0.2, 0) is 13.0 Å². The predicted molar refractivity (Wildman–Crippen MR) is 83.6 cm³/mol. The zero-order chi connectivity index (χ0) is 13.8. The van der Waals surface area contributed by atoms with E-state index in [0.29, 0.717) is 6.04 Å². The number of nitrogens with zero attached hydrogens (tertiary/aromatic N) is 1. The molecule has 0 aliphatic carbocycles. The first-order valence-corrected chi connectivity index (χ1v) is 7.70. The summed E-state index contributed by atoms with van der Waals surface area (Å²) in [5, 5.41) is 4.59. The molecule has 0 spiro atoms. The Hall–Kier alpha value is -1.19. The van der Waals surface area contributed by atoms with Gasteiger partial charge in [-0.3, -0.25) is 0 Å². The summed E-state index contributed by atoms with van der Waals surface area (Å²) in [6.45, 7) is 9.50. The Bertz CT molecular complexity index is 526. The van der Waals surface area contributed by atoms with Gasteiger partial charge >= 0.3 is 0 Å². The third-order valence-corrected chi connectivity index (χ3v) is 4.11. The number of aromatic nitrogens is 1. The van der Waals surface area contributed by atoms with Gasteiger partial charge in [-0.25, -0.2) is 4.98 Å². The molecule has 1 aromatic heterocycles. The van der Waals surface area contributed by atoms with Gasteiger partial charge in [-0.05, 0) is 18.9 Å². The first-order chi connectivity index (χ1) is 9.10. The molecule has 2 aromatic rings. The average Bonchev–Trinajstić information content (AvgIpc) is 2.78. The summed E-state index contributed by atoms with van der Waals surface area (Å²) in [5.41, 5.74) is 3.73. The van der Waals surface area contributed by atoms with Crippen molar-refractivity contribution in [2.45, 2.75) is 46.7 Å². The van der Waals surface area contributed by atoms with Crippen LogP contribution in [0.15, 0.2) is 24.3 Å². The highest BCUT2D eigenvalue weighted by Gasteiger charge is 2.09. The van der Waals surface area contributed by atoms with Crippen molar-refractivity contribution in [3.8, 4) is 11.3 Å². The van der Waals surface area contributed by atoms with E-state index < -0.39 is 0 Å². The Balaban J connectivity index is 2.19. The van der Waals surface area contributed by atoms with E-state index in [-0.39, 0.29) is 0 Å². The maximum absolute atomic E-state index is 4.76. The number of hydrogen-bond donors (Lipinski definition) is 1. The molecule has 0 aliphatic heterocycles. The number of thiazole rings is 1. The van der Waals surface area contributed by atoms with Crippen molar-refractivity contribution >= 4 is 11.3 Å². The summed E-state index contributed by atoms with van der Waals surface area (Å²) < 4.78 is 0. The quantitative estimate of drug-likeness (QED) is 0.884. The molecular formula is C16H22N2S. The van der Waals surface area contributed by atoms with E-state index in [1.807, 2.05) is 0 Å². The fraction of sp³-hybridized carbons (Fsp3) is 0.438. The molecule has 0 unspecified atom stereocenters. The molecule has 0 saturated carbocycles. The summed E-state index contributed by atoms with van der Waals surface area (Å²) in [5.74, 6) is 0. The average molecular weight is 274 g/mol. The minimum atomic E-state index is 0.497. The van der Waals surface area contributed by atoms with Gasteiger partial charge in [0.2, 0.25) is 0 Å². The van der Waals surface area contributed by atoms with Crippen LogP contribution in [0.2, 0.25) is 0 Å². The minimum Gasteiger partial charge on any atom is -0.308 e. The lowest BCUT2D eigenvalue weighted by Crippen LogP contribution is -2.21. The molecule has 19 heavy (non-hydrogen) atoms. The summed E-state index contributed by atoms with van der Waals surface area (Å²) in [6.07, 6.45) is 1.08. The van der Waals surface area contributed by atoms with Crippen LogP contribution < -0.4 is 5.32 Å². The second-order valence-corrected chi connectivity index (χ2v) is 6.39. The van der Waals surface area contributed by atoms with Crippen LogP contribution >= 0.6 is 11.3 Å². The maximum Gasteiger partial charge on any atom is 0.107 e. The van der Waals surface area contributed by atoms with Crippen molar-refractivity contribution in [3.05, 3.63) is 39.7 Å². The molecule has 0 atom stereocenters.